The maximum Gasteiger partial charge on any atom is 0.223 e. The van der Waals surface area contributed by atoms with E-state index in [-0.39, 0.29) is 11.3 Å². The zero-order chi connectivity index (χ0) is 25.5. The van der Waals surface area contributed by atoms with Gasteiger partial charge in [-0.2, -0.15) is 0 Å². The van der Waals surface area contributed by atoms with Gasteiger partial charge in [0.1, 0.15) is 5.75 Å². The molecule has 0 aromatic heterocycles. The van der Waals surface area contributed by atoms with Gasteiger partial charge in [-0.1, -0.05) is 65.7 Å². The average Bonchev–Trinajstić information content (AvgIpc) is 2.85. The van der Waals surface area contributed by atoms with Gasteiger partial charge in [0.05, 0.1) is 6.61 Å². The van der Waals surface area contributed by atoms with Gasteiger partial charge in [-0.3, -0.25) is 9.69 Å². The highest BCUT2D eigenvalue weighted by molar-refractivity contribution is 6.31. The van der Waals surface area contributed by atoms with Crippen molar-refractivity contribution in [3.63, 3.8) is 0 Å². The van der Waals surface area contributed by atoms with Crippen LogP contribution in [0.4, 0.5) is 0 Å². The lowest BCUT2D eigenvalue weighted by molar-refractivity contribution is -0.135. The molecule has 0 spiro atoms. The summed E-state index contributed by atoms with van der Waals surface area (Å²) >= 11 is 12.4. The lowest BCUT2D eigenvalue weighted by atomic mass is 9.77. The maximum atomic E-state index is 13.5. The summed E-state index contributed by atoms with van der Waals surface area (Å²) in [6.07, 6.45) is 2.39. The van der Waals surface area contributed by atoms with E-state index in [2.05, 4.69) is 23.1 Å². The van der Waals surface area contributed by atoms with Gasteiger partial charge in [0, 0.05) is 48.6 Å². The Morgan fingerprint density at radius 1 is 1.03 bits per heavy atom. The number of amides is 1. The van der Waals surface area contributed by atoms with E-state index in [1.165, 1.54) is 5.56 Å². The molecule has 0 saturated carbocycles. The van der Waals surface area contributed by atoms with Crippen LogP contribution < -0.4 is 4.74 Å². The average molecular weight is 526 g/mol. The number of hydrogen-bond acceptors (Lipinski definition) is 3. The SMILES string of the molecule is Cc1cc(OCC2(CC(=O)N(C)Cc3ccccc3)CCCN(Cc3cccc(Cl)c3)C2)ccc1Cl. The van der Waals surface area contributed by atoms with Crippen LogP contribution in [-0.2, 0) is 17.9 Å². The number of likely N-dealkylation sites (tertiary alicyclic amines) is 1. The van der Waals surface area contributed by atoms with Gasteiger partial charge in [0.15, 0.2) is 0 Å². The minimum Gasteiger partial charge on any atom is -0.493 e. The quantitative estimate of drug-likeness (QED) is 0.301. The molecule has 1 amide bonds. The molecule has 1 aliphatic rings. The van der Waals surface area contributed by atoms with E-state index in [1.54, 1.807) is 0 Å². The highest BCUT2D eigenvalue weighted by atomic mass is 35.5. The predicted molar refractivity (Wildman–Crippen MR) is 148 cm³/mol. The van der Waals surface area contributed by atoms with Crippen LogP contribution in [0.1, 0.15) is 36.0 Å². The number of halogens is 2. The first-order chi connectivity index (χ1) is 17.3. The van der Waals surface area contributed by atoms with Gasteiger partial charge in [-0.15, -0.1) is 0 Å². The van der Waals surface area contributed by atoms with E-state index in [4.69, 9.17) is 27.9 Å². The maximum absolute atomic E-state index is 13.5. The summed E-state index contributed by atoms with van der Waals surface area (Å²) in [7, 11) is 1.89. The number of aryl methyl sites for hydroxylation is 1. The van der Waals surface area contributed by atoms with Crippen molar-refractivity contribution in [3.8, 4) is 5.75 Å². The van der Waals surface area contributed by atoms with Crippen LogP contribution in [-0.4, -0.2) is 42.5 Å². The predicted octanol–water partition coefficient (Wildman–Crippen LogP) is 7.01. The number of nitrogens with zero attached hydrogens (tertiary/aromatic N) is 2. The molecule has 0 N–H and O–H groups in total. The van der Waals surface area contributed by atoms with Gasteiger partial charge < -0.3 is 9.64 Å². The molecule has 1 aliphatic heterocycles. The number of benzene rings is 3. The molecule has 6 heteroatoms. The van der Waals surface area contributed by atoms with Crippen molar-refractivity contribution < 1.29 is 9.53 Å². The molecule has 0 aliphatic carbocycles. The lowest BCUT2D eigenvalue weighted by Gasteiger charge is -2.43. The van der Waals surface area contributed by atoms with E-state index in [1.807, 2.05) is 73.5 Å². The number of carbonyl (C=O) groups excluding carboxylic acids is 1. The van der Waals surface area contributed by atoms with Crippen molar-refractivity contribution in [1.82, 2.24) is 9.80 Å². The van der Waals surface area contributed by atoms with Crippen LogP contribution in [0, 0.1) is 12.3 Å². The third kappa shape index (κ3) is 7.25. The number of carbonyl (C=O) groups is 1. The van der Waals surface area contributed by atoms with Crippen LogP contribution in [0.15, 0.2) is 72.8 Å². The first-order valence-electron chi connectivity index (χ1n) is 12.5. The van der Waals surface area contributed by atoms with E-state index < -0.39 is 0 Å². The van der Waals surface area contributed by atoms with Gasteiger partial charge in [-0.25, -0.2) is 0 Å². The van der Waals surface area contributed by atoms with Crippen molar-refractivity contribution in [2.24, 2.45) is 5.41 Å². The van der Waals surface area contributed by atoms with Gasteiger partial charge in [-0.05, 0) is 73.3 Å². The monoisotopic (exact) mass is 524 g/mol. The Hall–Kier alpha value is -2.53. The highest BCUT2D eigenvalue weighted by Crippen LogP contribution is 2.36. The molecule has 190 valence electrons. The minimum absolute atomic E-state index is 0.138. The number of ether oxygens (including phenoxy) is 1. The third-order valence-corrected chi connectivity index (χ3v) is 7.58. The van der Waals surface area contributed by atoms with E-state index in [9.17, 15) is 4.79 Å². The minimum atomic E-state index is -0.285. The molecule has 1 fully saturated rings. The smallest absolute Gasteiger partial charge is 0.223 e. The van der Waals surface area contributed by atoms with Crippen LogP contribution in [0.5, 0.6) is 5.75 Å². The molecular weight excluding hydrogens is 491 g/mol. The molecule has 36 heavy (non-hydrogen) atoms. The van der Waals surface area contributed by atoms with Crippen LogP contribution in [0.3, 0.4) is 0 Å². The first-order valence-corrected chi connectivity index (χ1v) is 13.2. The van der Waals surface area contributed by atoms with Gasteiger partial charge in [0.25, 0.3) is 0 Å². The summed E-state index contributed by atoms with van der Waals surface area (Å²) in [4.78, 5) is 17.7. The third-order valence-electron chi connectivity index (χ3n) is 6.92. The second-order valence-corrected chi connectivity index (χ2v) is 10.9. The summed E-state index contributed by atoms with van der Waals surface area (Å²) in [5, 5.41) is 1.47. The largest absolute Gasteiger partial charge is 0.493 e. The Morgan fingerprint density at radius 2 is 1.81 bits per heavy atom. The fraction of sp³-hybridized carbons (Fsp3) is 0.367. The molecule has 4 rings (SSSR count). The number of hydrogen-bond donors (Lipinski definition) is 0. The van der Waals surface area contributed by atoms with Crippen molar-refractivity contribution in [3.05, 3.63) is 99.5 Å². The second kappa shape index (κ2) is 12.1. The van der Waals surface area contributed by atoms with Crippen LogP contribution in [0.2, 0.25) is 10.0 Å². The molecule has 3 aromatic rings. The van der Waals surface area contributed by atoms with Crippen LogP contribution >= 0.6 is 23.2 Å². The lowest BCUT2D eigenvalue weighted by Crippen LogP contribution is -2.48. The number of piperidine rings is 1. The van der Waals surface area contributed by atoms with Gasteiger partial charge >= 0.3 is 0 Å². The van der Waals surface area contributed by atoms with Crippen molar-refractivity contribution in [1.29, 1.82) is 0 Å². The van der Waals surface area contributed by atoms with Gasteiger partial charge in [0.2, 0.25) is 5.91 Å². The molecule has 1 unspecified atom stereocenters. The number of rotatable bonds is 9. The van der Waals surface area contributed by atoms with E-state index >= 15 is 0 Å². The Labute approximate surface area is 224 Å². The zero-order valence-electron chi connectivity index (χ0n) is 21.1. The fourth-order valence-electron chi connectivity index (χ4n) is 5.00. The van der Waals surface area contributed by atoms with Crippen molar-refractivity contribution in [2.45, 2.75) is 39.3 Å². The fourth-order valence-corrected chi connectivity index (χ4v) is 5.33. The highest BCUT2D eigenvalue weighted by Gasteiger charge is 2.39. The Kier molecular flexibility index (Phi) is 8.95. The summed E-state index contributed by atoms with van der Waals surface area (Å²) in [6.45, 7) is 5.63. The first kappa shape index (κ1) is 26.5. The molecule has 4 nitrogen and oxygen atoms in total. The van der Waals surface area contributed by atoms with Crippen molar-refractivity contribution >= 4 is 29.1 Å². The Bertz CT molecular complexity index is 1170. The Morgan fingerprint density at radius 3 is 2.56 bits per heavy atom. The Balaban J connectivity index is 1.50. The molecule has 0 bridgehead atoms. The molecular formula is C30H34Cl2N2O2. The molecule has 3 aromatic carbocycles. The molecule has 1 heterocycles. The summed E-state index contributed by atoms with van der Waals surface area (Å²) < 4.78 is 6.32. The molecule has 1 saturated heterocycles. The second-order valence-electron chi connectivity index (χ2n) is 10.1. The summed E-state index contributed by atoms with van der Waals surface area (Å²) in [6, 6.07) is 23.9. The molecule has 1 atom stereocenters. The normalized spacial score (nSPS) is 18.1. The zero-order valence-corrected chi connectivity index (χ0v) is 22.6. The van der Waals surface area contributed by atoms with Crippen molar-refractivity contribution in [2.75, 3.05) is 26.7 Å². The van der Waals surface area contributed by atoms with E-state index in [0.717, 1.165) is 59.4 Å². The summed E-state index contributed by atoms with van der Waals surface area (Å²) in [5.74, 6) is 0.924. The standard InChI is InChI=1S/C30H34Cl2N2O2/c1-23-16-27(12-13-28(23)32)36-22-30(18-29(35)33(2)19-24-8-4-3-5-9-24)14-7-15-34(21-30)20-25-10-6-11-26(31)17-25/h3-6,8-13,16-17H,7,14-15,18-22H2,1-2H3. The van der Waals surface area contributed by atoms with Crippen LogP contribution in [0.25, 0.3) is 0 Å². The van der Waals surface area contributed by atoms with E-state index in [0.29, 0.717) is 19.6 Å². The topological polar surface area (TPSA) is 32.8 Å². The summed E-state index contributed by atoms with van der Waals surface area (Å²) in [5.41, 5.74) is 3.00. The molecule has 0 radical (unpaired) electrons.